The van der Waals surface area contributed by atoms with E-state index in [9.17, 15) is 0 Å². The van der Waals surface area contributed by atoms with Crippen molar-refractivity contribution in [1.29, 1.82) is 0 Å². The molecule has 0 spiro atoms. The van der Waals surface area contributed by atoms with Crippen molar-refractivity contribution < 1.29 is 0 Å². The fourth-order valence-electron chi connectivity index (χ4n) is 2.35. The lowest BCUT2D eigenvalue weighted by molar-refractivity contribution is 0.224. The SMILES string of the molecule is CC(C)NC(N)=NCCCCCN1CCCCC1.I. The van der Waals surface area contributed by atoms with Gasteiger partial charge in [0, 0.05) is 12.6 Å². The number of hydrogen-bond acceptors (Lipinski definition) is 2. The minimum Gasteiger partial charge on any atom is -0.370 e. The second kappa shape index (κ2) is 11.8. The van der Waals surface area contributed by atoms with Crippen LogP contribution in [0.3, 0.4) is 0 Å². The number of piperidine rings is 1. The van der Waals surface area contributed by atoms with Gasteiger partial charge in [0.1, 0.15) is 0 Å². The summed E-state index contributed by atoms with van der Waals surface area (Å²) < 4.78 is 0. The molecule has 1 aliphatic heterocycles. The Hall–Kier alpha value is -0.0400. The van der Waals surface area contributed by atoms with Gasteiger partial charge in [-0.3, -0.25) is 4.99 Å². The number of aliphatic imine (C=N–C) groups is 1. The Bertz CT molecular complexity index is 238. The zero-order valence-corrected chi connectivity index (χ0v) is 14.9. The van der Waals surface area contributed by atoms with E-state index in [1.54, 1.807) is 0 Å². The van der Waals surface area contributed by atoms with Gasteiger partial charge in [0.15, 0.2) is 5.96 Å². The Balaban J connectivity index is 0.00000324. The molecule has 0 atom stereocenters. The van der Waals surface area contributed by atoms with Crippen molar-refractivity contribution in [1.82, 2.24) is 10.2 Å². The van der Waals surface area contributed by atoms with Crippen LogP contribution < -0.4 is 11.1 Å². The molecule has 4 nitrogen and oxygen atoms in total. The van der Waals surface area contributed by atoms with E-state index in [1.165, 1.54) is 51.7 Å². The minimum atomic E-state index is 0. The Labute approximate surface area is 135 Å². The number of nitrogens with zero attached hydrogens (tertiary/aromatic N) is 2. The van der Waals surface area contributed by atoms with Gasteiger partial charge in [0.25, 0.3) is 0 Å². The molecule has 1 rings (SSSR count). The lowest BCUT2D eigenvalue weighted by atomic mass is 10.1. The molecular weight excluding hydrogens is 351 g/mol. The summed E-state index contributed by atoms with van der Waals surface area (Å²) in [4.78, 5) is 6.92. The van der Waals surface area contributed by atoms with Gasteiger partial charge >= 0.3 is 0 Å². The molecule has 3 N–H and O–H groups in total. The zero-order valence-electron chi connectivity index (χ0n) is 12.5. The van der Waals surface area contributed by atoms with Gasteiger partial charge in [-0.2, -0.15) is 0 Å². The van der Waals surface area contributed by atoms with Gasteiger partial charge in [0.2, 0.25) is 0 Å². The highest BCUT2D eigenvalue weighted by molar-refractivity contribution is 14.0. The van der Waals surface area contributed by atoms with Crippen molar-refractivity contribution in [2.75, 3.05) is 26.2 Å². The maximum Gasteiger partial charge on any atom is 0.188 e. The lowest BCUT2D eigenvalue weighted by Crippen LogP contribution is -2.36. The van der Waals surface area contributed by atoms with Crippen LogP contribution in [0, 0.1) is 0 Å². The lowest BCUT2D eigenvalue weighted by Gasteiger charge is -2.26. The van der Waals surface area contributed by atoms with Crippen LogP contribution in [0.15, 0.2) is 4.99 Å². The third-order valence-electron chi connectivity index (χ3n) is 3.30. The second-order valence-electron chi connectivity index (χ2n) is 5.53. The fourth-order valence-corrected chi connectivity index (χ4v) is 2.35. The molecule has 0 unspecified atom stereocenters. The van der Waals surface area contributed by atoms with Crippen LogP contribution in [0.25, 0.3) is 0 Å². The van der Waals surface area contributed by atoms with E-state index in [0.29, 0.717) is 12.0 Å². The van der Waals surface area contributed by atoms with Crippen molar-refractivity contribution in [3.8, 4) is 0 Å². The summed E-state index contributed by atoms with van der Waals surface area (Å²) in [6, 6.07) is 0.368. The number of likely N-dealkylation sites (tertiary alicyclic amines) is 1. The Morgan fingerprint density at radius 3 is 2.47 bits per heavy atom. The molecule has 19 heavy (non-hydrogen) atoms. The fraction of sp³-hybridized carbons (Fsp3) is 0.929. The minimum absolute atomic E-state index is 0. The molecule has 0 aromatic carbocycles. The van der Waals surface area contributed by atoms with Crippen molar-refractivity contribution in [2.45, 2.75) is 58.4 Å². The molecule has 0 amide bonds. The van der Waals surface area contributed by atoms with Crippen molar-refractivity contribution >= 4 is 29.9 Å². The summed E-state index contributed by atoms with van der Waals surface area (Å²) in [5, 5.41) is 3.10. The number of guanidine groups is 1. The predicted octanol–water partition coefficient (Wildman–Crippen LogP) is 2.57. The quantitative estimate of drug-likeness (QED) is 0.308. The number of rotatable bonds is 7. The van der Waals surface area contributed by atoms with Crippen LogP contribution in [0.2, 0.25) is 0 Å². The highest BCUT2D eigenvalue weighted by Crippen LogP contribution is 2.09. The van der Waals surface area contributed by atoms with E-state index in [0.717, 1.165) is 13.0 Å². The topological polar surface area (TPSA) is 53.6 Å². The molecular formula is C14H31IN4. The molecule has 0 radical (unpaired) electrons. The zero-order chi connectivity index (χ0) is 13.2. The highest BCUT2D eigenvalue weighted by atomic mass is 127. The first kappa shape index (κ1) is 19.0. The molecule has 0 aromatic heterocycles. The van der Waals surface area contributed by atoms with Crippen LogP contribution in [-0.2, 0) is 0 Å². The van der Waals surface area contributed by atoms with Gasteiger partial charge in [-0.15, -0.1) is 24.0 Å². The maximum absolute atomic E-state index is 5.74. The first-order valence-corrected chi connectivity index (χ1v) is 7.47. The maximum atomic E-state index is 5.74. The van der Waals surface area contributed by atoms with E-state index in [1.807, 2.05) is 0 Å². The normalized spacial score (nSPS) is 17.3. The molecule has 1 saturated heterocycles. The molecule has 1 fully saturated rings. The van der Waals surface area contributed by atoms with Gasteiger partial charge in [-0.25, -0.2) is 0 Å². The number of nitrogens with two attached hydrogens (primary N) is 1. The summed E-state index contributed by atoms with van der Waals surface area (Å²) in [6.07, 6.45) is 7.91. The standard InChI is InChI=1S/C14H30N4.HI/c1-13(2)17-14(15)16-9-5-3-6-10-18-11-7-4-8-12-18;/h13H,3-12H2,1-2H3,(H3,15,16,17);1H. The van der Waals surface area contributed by atoms with Gasteiger partial charge < -0.3 is 16.0 Å². The number of hydrogen-bond donors (Lipinski definition) is 2. The summed E-state index contributed by atoms with van der Waals surface area (Å²) in [5.41, 5.74) is 5.74. The van der Waals surface area contributed by atoms with E-state index < -0.39 is 0 Å². The van der Waals surface area contributed by atoms with Crippen LogP contribution in [0.1, 0.15) is 52.4 Å². The monoisotopic (exact) mass is 382 g/mol. The number of unbranched alkanes of at least 4 members (excludes halogenated alkanes) is 2. The smallest absolute Gasteiger partial charge is 0.188 e. The van der Waals surface area contributed by atoms with Crippen LogP contribution >= 0.6 is 24.0 Å². The van der Waals surface area contributed by atoms with E-state index >= 15 is 0 Å². The molecule has 5 heteroatoms. The van der Waals surface area contributed by atoms with Gasteiger partial charge in [-0.05, 0) is 59.2 Å². The number of nitrogens with one attached hydrogen (secondary N) is 1. The van der Waals surface area contributed by atoms with E-state index in [-0.39, 0.29) is 24.0 Å². The average molecular weight is 382 g/mol. The van der Waals surface area contributed by atoms with Crippen LogP contribution in [0.4, 0.5) is 0 Å². The summed E-state index contributed by atoms with van der Waals surface area (Å²) in [7, 11) is 0. The van der Waals surface area contributed by atoms with Crippen molar-refractivity contribution in [3.63, 3.8) is 0 Å². The molecule has 0 saturated carbocycles. The molecule has 0 aromatic rings. The summed E-state index contributed by atoms with van der Waals surface area (Å²) in [5.74, 6) is 0.584. The first-order chi connectivity index (χ1) is 8.68. The number of halogens is 1. The Morgan fingerprint density at radius 2 is 1.84 bits per heavy atom. The van der Waals surface area contributed by atoms with Crippen molar-refractivity contribution in [2.24, 2.45) is 10.7 Å². The average Bonchev–Trinajstić information content (AvgIpc) is 2.34. The Morgan fingerprint density at radius 1 is 1.16 bits per heavy atom. The van der Waals surface area contributed by atoms with Crippen molar-refractivity contribution in [3.05, 3.63) is 0 Å². The van der Waals surface area contributed by atoms with E-state index in [4.69, 9.17) is 5.73 Å². The second-order valence-corrected chi connectivity index (χ2v) is 5.53. The van der Waals surface area contributed by atoms with Gasteiger partial charge in [-0.1, -0.05) is 12.8 Å². The highest BCUT2D eigenvalue weighted by Gasteiger charge is 2.08. The Kier molecular flexibility index (Phi) is 11.7. The third-order valence-corrected chi connectivity index (χ3v) is 3.30. The first-order valence-electron chi connectivity index (χ1n) is 7.47. The summed E-state index contributed by atoms with van der Waals surface area (Å²) in [6.45, 7) is 8.88. The summed E-state index contributed by atoms with van der Waals surface area (Å²) >= 11 is 0. The molecule has 114 valence electrons. The van der Waals surface area contributed by atoms with Crippen LogP contribution in [-0.4, -0.2) is 43.1 Å². The predicted molar refractivity (Wildman–Crippen MR) is 94.3 cm³/mol. The molecule has 0 bridgehead atoms. The van der Waals surface area contributed by atoms with Gasteiger partial charge in [0.05, 0.1) is 0 Å². The van der Waals surface area contributed by atoms with E-state index in [2.05, 4.69) is 29.1 Å². The molecule has 0 aliphatic carbocycles. The van der Waals surface area contributed by atoms with Crippen LogP contribution in [0.5, 0.6) is 0 Å². The molecule has 1 heterocycles. The molecule has 1 aliphatic rings. The largest absolute Gasteiger partial charge is 0.370 e. The third kappa shape index (κ3) is 10.4.